The van der Waals surface area contributed by atoms with Crippen LogP contribution in [0.2, 0.25) is 0 Å². The highest BCUT2D eigenvalue weighted by atomic mass is 16.5. The number of amides is 1. The molecule has 6 heteroatoms. The molecule has 2 fully saturated rings. The van der Waals surface area contributed by atoms with Gasteiger partial charge in [0.25, 0.3) is 0 Å². The summed E-state index contributed by atoms with van der Waals surface area (Å²) in [4.78, 5) is 17.1. The summed E-state index contributed by atoms with van der Waals surface area (Å²) in [6.45, 7) is 8.18. The van der Waals surface area contributed by atoms with Crippen molar-refractivity contribution in [2.45, 2.75) is 31.9 Å². The largest absolute Gasteiger partial charge is 0.379 e. The van der Waals surface area contributed by atoms with E-state index in [4.69, 9.17) is 9.47 Å². The smallest absolute Gasteiger partial charge is 0.221 e. The van der Waals surface area contributed by atoms with Gasteiger partial charge in [-0.1, -0.05) is 12.1 Å². The number of carbonyl (C=O) groups excluding carboxylic acids is 1. The lowest BCUT2D eigenvalue weighted by Crippen LogP contribution is -2.51. The Hall–Kier alpha value is -1.63. The minimum Gasteiger partial charge on any atom is -0.379 e. The first-order chi connectivity index (χ1) is 12.7. The van der Waals surface area contributed by atoms with E-state index in [1.54, 1.807) is 7.11 Å². The molecular formula is C20H31N3O3. The topological polar surface area (TPSA) is 54.0 Å². The molecule has 144 valence electrons. The van der Waals surface area contributed by atoms with Crippen molar-refractivity contribution in [3.8, 4) is 0 Å². The van der Waals surface area contributed by atoms with Gasteiger partial charge < -0.3 is 19.7 Å². The molecule has 2 atom stereocenters. The highest BCUT2D eigenvalue weighted by molar-refractivity contribution is 5.76. The van der Waals surface area contributed by atoms with E-state index in [1.807, 2.05) is 0 Å². The summed E-state index contributed by atoms with van der Waals surface area (Å²) in [6, 6.07) is 8.63. The monoisotopic (exact) mass is 361 g/mol. The summed E-state index contributed by atoms with van der Waals surface area (Å²) in [6.07, 6.45) is 1.42. The van der Waals surface area contributed by atoms with Crippen molar-refractivity contribution in [3.63, 3.8) is 0 Å². The molecular weight excluding hydrogens is 330 g/mol. The molecule has 6 nitrogen and oxygen atoms in total. The molecule has 2 aliphatic rings. The van der Waals surface area contributed by atoms with Gasteiger partial charge in [-0.25, -0.2) is 0 Å². The lowest BCUT2D eigenvalue weighted by Gasteiger charge is -2.36. The lowest BCUT2D eigenvalue weighted by molar-refractivity contribution is -0.125. The van der Waals surface area contributed by atoms with Crippen molar-refractivity contribution in [1.29, 1.82) is 0 Å². The highest BCUT2D eigenvalue weighted by Crippen LogP contribution is 2.18. The predicted molar refractivity (Wildman–Crippen MR) is 103 cm³/mol. The maximum absolute atomic E-state index is 12.3. The summed E-state index contributed by atoms with van der Waals surface area (Å²) in [5.74, 6) is 0.0867. The molecule has 0 radical (unpaired) electrons. The van der Waals surface area contributed by atoms with E-state index in [-0.39, 0.29) is 18.1 Å². The van der Waals surface area contributed by atoms with Crippen molar-refractivity contribution in [1.82, 2.24) is 10.2 Å². The molecule has 0 unspecified atom stereocenters. The van der Waals surface area contributed by atoms with Gasteiger partial charge >= 0.3 is 0 Å². The van der Waals surface area contributed by atoms with Crippen LogP contribution in [0.1, 0.15) is 18.4 Å². The number of ether oxygens (including phenoxy) is 2. The molecule has 0 aliphatic carbocycles. The second kappa shape index (κ2) is 9.35. The number of carbonyl (C=O) groups is 1. The number of methoxy groups -OCH3 is 1. The van der Waals surface area contributed by atoms with Crippen LogP contribution in [0.4, 0.5) is 5.69 Å². The zero-order chi connectivity index (χ0) is 18.4. The first-order valence-electron chi connectivity index (χ1n) is 9.59. The first kappa shape index (κ1) is 19.1. The van der Waals surface area contributed by atoms with Crippen molar-refractivity contribution in [2.75, 3.05) is 57.9 Å². The molecule has 2 saturated heterocycles. The third-order valence-corrected chi connectivity index (χ3v) is 5.34. The van der Waals surface area contributed by atoms with Gasteiger partial charge in [0.15, 0.2) is 0 Å². The maximum atomic E-state index is 12.3. The van der Waals surface area contributed by atoms with Crippen LogP contribution < -0.4 is 10.2 Å². The number of anilines is 1. The summed E-state index contributed by atoms with van der Waals surface area (Å²) < 4.78 is 10.9. The fourth-order valence-electron chi connectivity index (χ4n) is 3.73. The Bertz CT molecular complexity index is 587. The predicted octanol–water partition coefficient (Wildman–Crippen LogP) is 1.43. The molecule has 1 aromatic carbocycles. The van der Waals surface area contributed by atoms with Gasteiger partial charge in [0.2, 0.25) is 5.91 Å². The van der Waals surface area contributed by atoms with Crippen molar-refractivity contribution in [2.24, 2.45) is 0 Å². The Balaban J connectivity index is 1.38. The van der Waals surface area contributed by atoms with Crippen LogP contribution in [0.5, 0.6) is 0 Å². The van der Waals surface area contributed by atoms with E-state index >= 15 is 0 Å². The van der Waals surface area contributed by atoms with Gasteiger partial charge in [0.05, 0.1) is 18.8 Å². The van der Waals surface area contributed by atoms with Gasteiger partial charge in [-0.2, -0.15) is 0 Å². The van der Waals surface area contributed by atoms with Crippen molar-refractivity contribution in [3.05, 3.63) is 29.8 Å². The molecule has 3 rings (SSSR count). The van der Waals surface area contributed by atoms with Crippen LogP contribution in [0.15, 0.2) is 24.3 Å². The third kappa shape index (κ3) is 5.19. The lowest BCUT2D eigenvalue weighted by atomic mass is 10.1. The van der Waals surface area contributed by atoms with Gasteiger partial charge in [0.1, 0.15) is 0 Å². The second-order valence-corrected chi connectivity index (χ2v) is 7.23. The maximum Gasteiger partial charge on any atom is 0.221 e. The summed E-state index contributed by atoms with van der Waals surface area (Å²) >= 11 is 0. The quantitative estimate of drug-likeness (QED) is 0.831. The van der Waals surface area contributed by atoms with Gasteiger partial charge in [-0.15, -0.1) is 0 Å². The Kier molecular flexibility index (Phi) is 6.88. The van der Waals surface area contributed by atoms with Crippen LogP contribution in [0, 0.1) is 6.92 Å². The van der Waals surface area contributed by atoms with E-state index in [1.165, 1.54) is 11.3 Å². The van der Waals surface area contributed by atoms with Gasteiger partial charge in [0, 0.05) is 58.5 Å². The number of hydrogen-bond acceptors (Lipinski definition) is 5. The number of nitrogens with one attached hydrogen (secondary N) is 1. The van der Waals surface area contributed by atoms with Crippen LogP contribution in [0.3, 0.4) is 0 Å². The number of aryl methyl sites for hydroxylation is 1. The molecule has 1 amide bonds. The molecule has 26 heavy (non-hydrogen) atoms. The van der Waals surface area contributed by atoms with E-state index in [0.29, 0.717) is 19.6 Å². The standard InChI is InChI=1S/C20H31N3O3/c1-16-4-3-5-17(14-16)23-11-9-22(10-12-23)8-6-20(24)21-18-15-26-13-7-19(18)25-2/h3-5,14,18-19H,6-13,15H2,1-2H3,(H,21,24)/t18-,19-/m1/s1. The zero-order valence-electron chi connectivity index (χ0n) is 15.9. The second-order valence-electron chi connectivity index (χ2n) is 7.23. The van der Waals surface area contributed by atoms with E-state index in [2.05, 4.69) is 46.3 Å². The average molecular weight is 361 g/mol. The zero-order valence-corrected chi connectivity index (χ0v) is 15.9. The number of benzene rings is 1. The van der Waals surface area contributed by atoms with E-state index in [9.17, 15) is 4.79 Å². The Morgan fingerprint density at radius 1 is 1.31 bits per heavy atom. The Labute approximate surface area is 156 Å². The number of piperazine rings is 1. The molecule has 1 aromatic rings. The molecule has 0 spiro atoms. The van der Waals surface area contributed by atoms with E-state index < -0.39 is 0 Å². The molecule has 0 aromatic heterocycles. The normalized spacial score (nSPS) is 24.5. The summed E-state index contributed by atoms with van der Waals surface area (Å²) in [5.41, 5.74) is 2.59. The summed E-state index contributed by atoms with van der Waals surface area (Å²) in [5, 5.41) is 3.07. The molecule has 1 N–H and O–H groups in total. The van der Waals surface area contributed by atoms with Gasteiger partial charge in [-0.05, 0) is 31.0 Å². The van der Waals surface area contributed by atoms with Crippen LogP contribution in [0.25, 0.3) is 0 Å². The molecule has 0 bridgehead atoms. The fraction of sp³-hybridized carbons (Fsp3) is 0.650. The van der Waals surface area contributed by atoms with Crippen molar-refractivity contribution < 1.29 is 14.3 Å². The van der Waals surface area contributed by atoms with Crippen LogP contribution in [-0.2, 0) is 14.3 Å². The number of nitrogens with zero attached hydrogens (tertiary/aromatic N) is 2. The van der Waals surface area contributed by atoms with E-state index in [0.717, 1.165) is 39.1 Å². The Morgan fingerprint density at radius 2 is 2.12 bits per heavy atom. The number of rotatable bonds is 6. The minimum absolute atomic E-state index is 0.0283. The van der Waals surface area contributed by atoms with Crippen LogP contribution in [-0.4, -0.2) is 76.0 Å². The SMILES string of the molecule is CO[C@@H]1CCOC[C@H]1NC(=O)CCN1CCN(c2cccc(C)c2)CC1. The fourth-order valence-corrected chi connectivity index (χ4v) is 3.73. The number of hydrogen-bond donors (Lipinski definition) is 1. The Morgan fingerprint density at radius 3 is 2.85 bits per heavy atom. The van der Waals surface area contributed by atoms with Crippen LogP contribution >= 0.6 is 0 Å². The molecule has 2 heterocycles. The molecule has 0 saturated carbocycles. The minimum atomic E-state index is -0.0283. The van der Waals surface area contributed by atoms with Crippen molar-refractivity contribution >= 4 is 11.6 Å². The highest BCUT2D eigenvalue weighted by Gasteiger charge is 2.27. The van der Waals surface area contributed by atoms with Gasteiger partial charge in [-0.3, -0.25) is 9.69 Å². The first-order valence-corrected chi connectivity index (χ1v) is 9.59. The third-order valence-electron chi connectivity index (χ3n) is 5.34. The molecule has 2 aliphatic heterocycles. The average Bonchev–Trinajstić information content (AvgIpc) is 2.67. The summed E-state index contributed by atoms with van der Waals surface area (Å²) in [7, 11) is 1.70.